The third-order valence-electron chi connectivity index (χ3n) is 3.47. The third-order valence-corrected chi connectivity index (χ3v) is 3.47. The van der Waals surface area contributed by atoms with Crippen molar-refractivity contribution >= 4 is 0 Å². The number of hydrogen-bond donors (Lipinski definition) is 1. The quantitative estimate of drug-likeness (QED) is 0.943. The zero-order chi connectivity index (χ0) is 15.0. The van der Waals surface area contributed by atoms with Crippen LogP contribution < -0.4 is 5.32 Å². The third kappa shape index (κ3) is 3.24. The van der Waals surface area contributed by atoms with Crippen LogP contribution in [0.3, 0.4) is 0 Å². The maximum Gasteiger partial charge on any atom is 0.416 e. The molecule has 0 radical (unpaired) electrons. The lowest BCUT2D eigenvalue weighted by atomic mass is 10.1. The van der Waals surface area contributed by atoms with Crippen LogP contribution in [0.1, 0.15) is 29.7 Å². The molecule has 2 aromatic rings. The largest absolute Gasteiger partial charge is 0.416 e. The molecule has 0 bridgehead atoms. The van der Waals surface area contributed by atoms with Crippen molar-refractivity contribution in [3.63, 3.8) is 0 Å². The molecule has 0 atom stereocenters. The van der Waals surface area contributed by atoms with Gasteiger partial charge in [-0.05, 0) is 37.5 Å². The molecule has 21 heavy (non-hydrogen) atoms. The summed E-state index contributed by atoms with van der Waals surface area (Å²) in [5.74, 6) is 0. The summed E-state index contributed by atoms with van der Waals surface area (Å²) in [6.45, 7) is 2.34. The van der Waals surface area contributed by atoms with Crippen LogP contribution in [0.5, 0.6) is 0 Å². The SMILES string of the molecule is Cc1ccc(C(F)(F)F)cc1-n1cc(CNC2CC2)nn1. The zero-order valence-corrected chi connectivity index (χ0v) is 11.5. The fourth-order valence-electron chi connectivity index (χ4n) is 2.07. The van der Waals surface area contributed by atoms with E-state index in [0.717, 1.165) is 23.4 Å². The summed E-state index contributed by atoms with van der Waals surface area (Å²) < 4.78 is 39.7. The molecule has 4 nitrogen and oxygen atoms in total. The van der Waals surface area contributed by atoms with Crippen LogP contribution in [0.15, 0.2) is 24.4 Å². The lowest BCUT2D eigenvalue weighted by Gasteiger charge is -2.10. The lowest BCUT2D eigenvalue weighted by Crippen LogP contribution is -2.15. The van der Waals surface area contributed by atoms with E-state index in [1.165, 1.54) is 23.6 Å². The number of aromatic nitrogens is 3. The number of nitrogens with one attached hydrogen (secondary N) is 1. The Morgan fingerprint density at radius 2 is 2.10 bits per heavy atom. The van der Waals surface area contributed by atoms with E-state index >= 15 is 0 Å². The molecular formula is C14H15F3N4. The molecule has 0 amide bonds. The van der Waals surface area contributed by atoms with Crippen molar-refractivity contribution < 1.29 is 13.2 Å². The summed E-state index contributed by atoms with van der Waals surface area (Å²) >= 11 is 0. The first-order chi connectivity index (χ1) is 9.93. The Kier molecular flexibility index (Phi) is 3.44. The predicted octanol–water partition coefficient (Wildman–Crippen LogP) is 2.85. The second-order valence-corrected chi connectivity index (χ2v) is 5.31. The highest BCUT2D eigenvalue weighted by Gasteiger charge is 2.31. The molecule has 0 unspecified atom stereocenters. The molecule has 7 heteroatoms. The fraction of sp³-hybridized carbons (Fsp3) is 0.429. The Hall–Kier alpha value is -1.89. The van der Waals surface area contributed by atoms with Gasteiger partial charge in [-0.15, -0.1) is 5.10 Å². The first-order valence-electron chi connectivity index (χ1n) is 6.76. The number of aryl methyl sites for hydroxylation is 1. The van der Waals surface area contributed by atoms with Crippen LogP contribution in [0.2, 0.25) is 0 Å². The minimum absolute atomic E-state index is 0.398. The summed E-state index contributed by atoms with van der Waals surface area (Å²) in [5.41, 5.74) is 1.15. The van der Waals surface area contributed by atoms with E-state index in [2.05, 4.69) is 15.6 Å². The van der Waals surface area contributed by atoms with Gasteiger partial charge in [0.1, 0.15) is 0 Å². The van der Waals surface area contributed by atoms with Gasteiger partial charge in [-0.2, -0.15) is 13.2 Å². The van der Waals surface area contributed by atoms with Gasteiger partial charge in [0.2, 0.25) is 0 Å². The van der Waals surface area contributed by atoms with Gasteiger partial charge in [0.25, 0.3) is 0 Å². The van der Waals surface area contributed by atoms with E-state index in [1.807, 2.05) is 0 Å². The maximum absolute atomic E-state index is 12.8. The average Bonchev–Trinajstić information content (AvgIpc) is 3.13. The minimum atomic E-state index is -4.36. The highest BCUT2D eigenvalue weighted by Crippen LogP contribution is 2.31. The van der Waals surface area contributed by atoms with Crippen molar-refractivity contribution in [2.75, 3.05) is 0 Å². The van der Waals surface area contributed by atoms with Gasteiger partial charge < -0.3 is 5.32 Å². The summed E-state index contributed by atoms with van der Waals surface area (Å²) in [4.78, 5) is 0. The van der Waals surface area contributed by atoms with Gasteiger partial charge in [0.05, 0.1) is 23.1 Å². The first-order valence-corrected chi connectivity index (χ1v) is 6.76. The smallest absolute Gasteiger partial charge is 0.308 e. The van der Waals surface area contributed by atoms with Crippen LogP contribution >= 0.6 is 0 Å². The normalized spacial score (nSPS) is 15.4. The Balaban J connectivity index is 1.84. The molecular weight excluding hydrogens is 281 g/mol. The Morgan fingerprint density at radius 3 is 2.76 bits per heavy atom. The molecule has 0 aliphatic heterocycles. The number of halogens is 3. The van der Waals surface area contributed by atoms with Gasteiger partial charge in [-0.25, -0.2) is 4.68 Å². The monoisotopic (exact) mass is 296 g/mol. The molecule has 1 N–H and O–H groups in total. The van der Waals surface area contributed by atoms with E-state index in [9.17, 15) is 13.2 Å². The van der Waals surface area contributed by atoms with Gasteiger partial charge in [0.15, 0.2) is 0 Å². The van der Waals surface area contributed by atoms with Crippen LogP contribution in [0, 0.1) is 6.92 Å². The minimum Gasteiger partial charge on any atom is -0.308 e. The second kappa shape index (κ2) is 5.14. The molecule has 1 aromatic carbocycles. The van der Waals surface area contributed by atoms with Crippen molar-refractivity contribution in [1.82, 2.24) is 20.3 Å². The first kappa shape index (κ1) is 14.1. The van der Waals surface area contributed by atoms with Gasteiger partial charge >= 0.3 is 6.18 Å². The van der Waals surface area contributed by atoms with Gasteiger partial charge in [-0.3, -0.25) is 0 Å². The van der Waals surface area contributed by atoms with Crippen molar-refractivity contribution in [2.45, 2.75) is 38.5 Å². The van der Waals surface area contributed by atoms with Gasteiger partial charge in [0, 0.05) is 12.6 Å². The van der Waals surface area contributed by atoms with Crippen LogP contribution in [-0.4, -0.2) is 21.0 Å². The van der Waals surface area contributed by atoms with E-state index in [-0.39, 0.29) is 0 Å². The summed E-state index contributed by atoms with van der Waals surface area (Å²) in [6, 6.07) is 4.17. The molecule has 0 spiro atoms. The molecule has 0 saturated heterocycles. The average molecular weight is 296 g/mol. The van der Waals surface area contributed by atoms with Gasteiger partial charge in [-0.1, -0.05) is 11.3 Å². The lowest BCUT2D eigenvalue weighted by molar-refractivity contribution is -0.137. The van der Waals surface area contributed by atoms with Crippen LogP contribution in [0.25, 0.3) is 5.69 Å². The molecule has 1 heterocycles. The van der Waals surface area contributed by atoms with E-state index in [1.54, 1.807) is 13.1 Å². The van der Waals surface area contributed by atoms with Crippen molar-refractivity contribution in [3.05, 3.63) is 41.2 Å². The molecule has 112 valence electrons. The van der Waals surface area contributed by atoms with E-state index in [4.69, 9.17) is 0 Å². The number of nitrogens with zero attached hydrogens (tertiary/aromatic N) is 3. The molecule has 1 aliphatic carbocycles. The topological polar surface area (TPSA) is 42.7 Å². The highest BCUT2D eigenvalue weighted by molar-refractivity contribution is 5.43. The summed E-state index contributed by atoms with van der Waals surface area (Å²) in [5, 5.41) is 11.2. The predicted molar refractivity (Wildman–Crippen MR) is 71.0 cm³/mol. The molecule has 1 aromatic heterocycles. The van der Waals surface area contributed by atoms with Crippen LogP contribution in [0.4, 0.5) is 13.2 Å². The molecule has 3 rings (SSSR count). The number of hydrogen-bond acceptors (Lipinski definition) is 3. The number of alkyl halides is 3. The Labute approximate surface area is 120 Å². The van der Waals surface area contributed by atoms with E-state index in [0.29, 0.717) is 18.3 Å². The number of rotatable bonds is 4. The van der Waals surface area contributed by atoms with E-state index < -0.39 is 11.7 Å². The number of benzene rings is 1. The second-order valence-electron chi connectivity index (χ2n) is 5.31. The highest BCUT2D eigenvalue weighted by atomic mass is 19.4. The fourth-order valence-corrected chi connectivity index (χ4v) is 2.07. The summed E-state index contributed by atoms with van der Waals surface area (Å²) in [6.07, 6.45) is -0.362. The molecule has 1 saturated carbocycles. The van der Waals surface area contributed by atoms with Crippen molar-refractivity contribution in [2.24, 2.45) is 0 Å². The molecule has 1 aliphatic rings. The molecule has 1 fully saturated rings. The van der Waals surface area contributed by atoms with Crippen molar-refractivity contribution in [1.29, 1.82) is 0 Å². The Bertz CT molecular complexity index is 644. The standard InChI is InChI=1S/C14H15F3N4/c1-9-2-3-10(14(15,16)17)6-13(9)21-8-12(19-20-21)7-18-11-4-5-11/h2-3,6,8,11,18H,4-5,7H2,1H3. The van der Waals surface area contributed by atoms with Crippen molar-refractivity contribution in [3.8, 4) is 5.69 Å². The zero-order valence-electron chi connectivity index (χ0n) is 11.5. The van der Waals surface area contributed by atoms with Crippen LogP contribution in [-0.2, 0) is 12.7 Å². The Morgan fingerprint density at radius 1 is 1.33 bits per heavy atom. The summed E-state index contributed by atoms with van der Waals surface area (Å²) in [7, 11) is 0. The maximum atomic E-state index is 12.8.